The van der Waals surface area contributed by atoms with Crippen LogP contribution in [0.25, 0.3) is 28.1 Å². The molecular weight excluding hydrogens is 485 g/mol. The molecule has 1 atom stereocenters. The molecule has 0 radical (unpaired) electrons. The van der Waals surface area contributed by atoms with Gasteiger partial charge in [0, 0.05) is 19.2 Å². The van der Waals surface area contributed by atoms with Crippen LogP contribution in [-0.2, 0) is 4.74 Å². The Labute approximate surface area is 220 Å². The Morgan fingerprint density at radius 1 is 1.13 bits per heavy atom. The maximum atomic E-state index is 15.2. The van der Waals surface area contributed by atoms with Gasteiger partial charge < -0.3 is 19.4 Å². The third kappa shape index (κ3) is 5.51. The zero-order chi connectivity index (χ0) is 26.9. The second kappa shape index (κ2) is 10.2. The maximum absolute atomic E-state index is 15.2. The van der Waals surface area contributed by atoms with Gasteiger partial charge in [-0.25, -0.2) is 24.1 Å². The summed E-state index contributed by atoms with van der Waals surface area (Å²) in [4.78, 5) is 30.5. The monoisotopic (exact) mass is 515 g/mol. The standard InChI is InChI=1S/C29H30FN5O3/c1-18(19-8-6-5-7-9-19)37-21-10-11-22(23(30)16-21)26-33-25-24(31-17-32-27(25)34-26)20-12-14-35(15-13-20)28(36)38-29(2,3)4/h5-12,16-18H,13-15H2,1-4H3,(H,31,32,33,34). The van der Waals surface area contributed by atoms with Crippen molar-refractivity contribution in [1.29, 1.82) is 0 Å². The molecule has 196 valence electrons. The summed E-state index contributed by atoms with van der Waals surface area (Å²) in [6.07, 6.45) is 3.43. The second-order valence-corrected chi connectivity index (χ2v) is 10.2. The van der Waals surface area contributed by atoms with Gasteiger partial charge in [-0.3, -0.25) is 0 Å². The van der Waals surface area contributed by atoms with E-state index in [0.717, 1.165) is 11.1 Å². The number of benzene rings is 2. The molecule has 38 heavy (non-hydrogen) atoms. The van der Waals surface area contributed by atoms with Crippen LogP contribution < -0.4 is 4.74 Å². The van der Waals surface area contributed by atoms with Gasteiger partial charge in [-0.2, -0.15) is 0 Å². The minimum Gasteiger partial charge on any atom is -0.486 e. The van der Waals surface area contributed by atoms with Gasteiger partial charge in [0.2, 0.25) is 0 Å². The fourth-order valence-corrected chi connectivity index (χ4v) is 4.33. The third-order valence-electron chi connectivity index (χ3n) is 6.23. The van der Waals surface area contributed by atoms with Crippen molar-refractivity contribution in [2.24, 2.45) is 0 Å². The van der Waals surface area contributed by atoms with Crippen LogP contribution in [0.4, 0.5) is 9.18 Å². The number of amides is 1. The number of nitrogens with zero attached hydrogens (tertiary/aromatic N) is 4. The first-order valence-corrected chi connectivity index (χ1v) is 12.6. The van der Waals surface area contributed by atoms with Gasteiger partial charge in [-0.05, 0) is 57.4 Å². The Balaban J connectivity index is 1.36. The van der Waals surface area contributed by atoms with Crippen LogP contribution in [0.5, 0.6) is 5.75 Å². The summed E-state index contributed by atoms with van der Waals surface area (Å²) >= 11 is 0. The third-order valence-corrected chi connectivity index (χ3v) is 6.23. The molecule has 0 aliphatic carbocycles. The van der Waals surface area contributed by atoms with Crippen molar-refractivity contribution in [2.75, 3.05) is 13.1 Å². The molecule has 2 aromatic carbocycles. The number of imidazole rings is 1. The number of ether oxygens (including phenoxy) is 2. The summed E-state index contributed by atoms with van der Waals surface area (Å²) in [6.45, 7) is 8.38. The Bertz CT molecular complexity index is 1490. The lowest BCUT2D eigenvalue weighted by Crippen LogP contribution is -2.39. The zero-order valence-electron chi connectivity index (χ0n) is 21.9. The number of aromatic nitrogens is 4. The fraction of sp³-hybridized carbons (Fsp3) is 0.310. The van der Waals surface area contributed by atoms with E-state index < -0.39 is 11.4 Å². The van der Waals surface area contributed by atoms with Crippen molar-refractivity contribution >= 4 is 22.8 Å². The number of fused-ring (bicyclic) bond motifs is 1. The van der Waals surface area contributed by atoms with E-state index in [1.165, 1.54) is 12.4 Å². The molecule has 0 bridgehead atoms. The van der Waals surface area contributed by atoms with E-state index in [1.54, 1.807) is 17.0 Å². The van der Waals surface area contributed by atoms with Crippen LogP contribution in [0.2, 0.25) is 0 Å². The van der Waals surface area contributed by atoms with Gasteiger partial charge in [0.25, 0.3) is 0 Å². The minimum absolute atomic E-state index is 0.222. The highest BCUT2D eigenvalue weighted by Gasteiger charge is 2.25. The number of nitrogens with one attached hydrogen (secondary N) is 1. The Morgan fingerprint density at radius 3 is 2.61 bits per heavy atom. The molecule has 0 saturated carbocycles. The maximum Gasteiger partial charge on any atom is 0.410 e. The van der Waals surface area contributed by atoms with Crippen LogP contribution in [0.3, 0.4) is 0 Å². The van der Waals surface area contributed by atoms with Crippen molar-refractivity contribution in [2.45, 2.75) is 45.8 Å². The predicted molar refractivity (Wildman–Crippen MR) is 143 cm³/mol. The van der Waals surface area contributed by atoms with Gasteiger partial charge in [0.1, 0.15) is 40.9 Å². The second-order valence-electron chi connectivity index (χ2n) is 10.2. The number of H-pyrrole nitrogens is 1. The summed E-state index contributed by atoms with van der Waals surface area (Å²) < 4.78 is 26.6. The Morgan fingerprint density at radius 2 is 1.92 bits per heavy atom. The first-order valence-electron chi connectivity index (χ1n) is 12.6. The molecule has 4 aromatic rings. The number of halogens is 1. The average Bonchev–Trinajstić information content (AvgIpc) is 3.32. The van der Waals surface area contributed by atoms with Crippen molar-refractivity contribution in [3.05, 3.63) is 78.0 Å². The summed E-state index contributed by atoms with van der Waals surface area (Å²) in [5.41, 5.74) is 3.48. The molecule has 1 N–H and O–H groups in total. The van der Waals surface area contributed by atoms with Gasteiger partial charge in [-0.15, -0.1) is 0 Å². The quantitative estimate of drug-likeness (QED) is 0.334. The van der Waals surface area contributed by atoms with Crippen molar-refractivity contribution in [3.8, 4) is 17.1 Å². The van der Waals surface area contributed by atoms with E-state index in [-0.39, 0.29) is 12.2 Å². The summed E-state index contributed by atoms with van der Waals surface area (Å²) in [7, 11) is 0. The molecule has 9 heteroatoms. The van der Waals surface area contributed by atoms with E-state index in [4.69, 9.17) is 9.47 Å². The van der Waals surface area contributed by atoms with Crippen LogP contribution in [-0.4, -0.2) is 49.6 Å². The van der Waals surface area contributed by atoms with Crippen molar-refractivity contribution in [1.82, 2.24) is 24.8 Å². The average molecular weight is 516 g/mol. The summed E-state index contributed by atoms with van der Waals surface area (Å²) in [5, 5.41) is 0. The summed E-state index contributed by atoms with van der Waals surface area (Å²) in [6, 6.07) is 14.5. The normalized spacial score (nSPS) is 14.8. The van der Waals surface area contributed by atoms with E-state index in [1.807, 2.05) is 64.1 Å². The van der Waals surface area contributed by atoms with E-state index >= 15 is 4.39 Å². The molecule has 0 fully saturated rings. The van der Waals surface area contributed by atoms with Crippen LogP contribution >= 0.6 is 0 Å². The van der Waals surface area contributed by atoms with Crippen molar-refractivity contribution in [3.63, 3.8) is 0 Å². The summed E-state index contributed by atoms with van der Waals surface area (Å²) in [5.74, 6) is 0.330. The first kappa shape index (κ1) is 25.4. The van der Waals surface area contributed by atoms with Gasteiger partial charge >= 0.3 is 6.09 Å². The number of hydrogen-bond donors (Lipinski definition) is 1. The number of aromatic amines is 1. The smallest absolute Gasteiger partial charge is 0.410 e. The Kier molecular flexibility index (Phi) is 6.84. The van der Waals surface area contributed by atoms with Gasteiger partial charge in [0.05, 0.1) is 11.3 Å². The zero-order valence-corrected chi connectivity index (χ0v) is 21.9. The molecule has 1 aliphatic rings. The van der Waals surface area contributed by atoms with E-state index in [0.29, 0.717) is 53.5 Å². The molecule has 1 aliphatic heterocycles. The van der Waals surface area contributed by atoms with E-state index in [9.17, 15) is 4.79 Å². The number of carbonyl (C=O) groups is 1. The molecule has 3 heterocycles. The molecule has 0 spiro atoms. The highest BCUT2D eigenvalue weighted by Crippen LogP contribution is 2.31. The highest BCUT2D eigenvalue weighted by atomic mass is 19.1. The molecule has 2 aromatic heterocycles. The molecule has 0 saturated heterocycles. The topological polar surface area (TPSA) is 93.2 Å². The van der Waals surface area contributed by atoms with Crippen LogP contribution in [0.1, 0.15) is 51.5 Å². The van der Waals surface area contributed by atoms with Crippen molar-refractivity contribution < 1.29 is 18.7 Å². The lowest BCUT2D eigenvalue weighted by Gasteiger charge is -2.29. The molecule has 8 nitrogen and oxygen atoms in total. The lowest BCUT2D eigenvalue weighted by atomic mass is 10.0. The number of rotatable bonds is 5. The van der Waals surface area contributed by atoms with Gasteiger partial charge in [0.15, 0.2) is 5.65 Å². The minimum atomic E-state index is -0.550. The van der Waals surface area contributed by atoms with Crippen LogP contribution in [0, 0.1) is 5.82 Å². The number of hydrogen-bond acceptors (Lipinski definition) is 6. The first-order chi connectivity index (χ1) is 18.2. The fourth-order valence-electron chi connectivity index (χ4n) is 4.33. The van der Waals surface area contributed by atoms with Gasteiger partial charge in [-0.1, -0.05) is 36.4 Å². The predicted octanol–water partition coefficient (Wildman–Crippen LogP) is 6.32. The molecule has 1 amide bonds. The van der Waals surface area contributed by atoms with E-state index in [2.05, 4.69) is 19.9 Å². The SMILES string of the molecule is CC(Oc1ccc(-c2nc3ncnc(C4=CCN(C(=O)OC(C)(C)C)CC4)c3[nH]2)c(F)c1)c1ccccc1. The highest BCUT2D eigenvalue weighted by molar-refractivity contribution is 5.87. The molecule has 1 unspecified atom stereocenters. The largest absolute Gasteiger partial charge is 0.486 e. The number of carbonyl (C=O) groups excluding carboxylic acids is 1. The molecule has 5 rings (SSSR count). The lowest BCUT2D eigenvalue weighted by molar-refractivity contribution is 0.0270. The van der Waals surface area contributed by atoms with Crippen LogP contribution in [0.15, 0.2) is 60.9 Å². The Hall–Kier alpha value is -4.27. The molecular formula is C29H30FN5O3.